The number of carbonyl (C=O) groups is 3. The first-order valence-corrected chi connectivity index (χ1v) is 13.0. The van der Waals surface area contributed by atoms with E-state index in [4.69, 9.17) is 9.47 Å². The van der Waals surface area contributed by atoms with Gasteiger partial charge in [-0.3, -0.25) is 19.3 Å². The van der Waals surface area contributed by atoms with Gasteiger partial charge in [-0.1, -0.05) is 36.4 Å². The van der Waals surface area contributed by atoms with Gasteiger partial charge in [0.15, 0.2) is 11.5 Å². The summed E-state index contributed by atoms with van der Waals surface area (Å²) < 4.78 is 27.2. The van der Waals surface area contributed by atoms with E-state index in [-0.39, 0.29) is 10.7 Å². The number of halogens is 1. The summed E-state index contributed by atoms with van der Waals surface area (Å²) in [6.45, 7) is 0.751. The van der Waals surface area contributed by atoms with Crippen LogP contribution >= 0.6 is 11.8 Å². The first kappa shape index (κ1) is 24.7. The molecular weight excluding hydrogens is 521 g/mol. The van der Waals surface area contributed by atoms with Crippen LogP contribution in [0.25, 0.3) is 17.0 Å². The Morgan fingerprint density at radius 2 is 1.77 bits per heavy atom. The van der Waals surface area contributed by atoms with Gasteiger partial charge in [0.1, 0.15) is 25.6 Å². The van der Waals surface area contributed by atoms with Crippen molar-refractivity contribution in [2.24, 2.45) is 0 Å². The van der Waals surface area contributed by atoms with Gasteiger partial charge in [-0.25, -0.2) is 4.39 Å². The number of ether oxygens (including phenoxy) is 2. The van der Waals surface area contributed by atoms with Crippen LogP contribution in [0.2, 0.25) is 0 Å². The van der Waals surface area contributed by atoms with Crippen LogP contribution < -0.4 is 14.8 Å². The molecule has 1 aromatic heterocycles. The van der Waals surface area contributed by atoms with Gasteiger partial charge in [0, 0.05) is 40.0 Å². The highest BCUT2D eigenvalue weighted by atomic mass is 32.2. The minimum Gasteiger partial charge on any atom is -0.486 e. The maximum Gasteiger partial charge on any atom is 0.294 e. The second-order valence-corrected chi connectivity index (χ2v) is 9.99. The number of para-hydroxylation sites is 1. The fourth-order valence-corrected chi connectivity index (χ4v) is 5.40. The lowest BCUT2D eigenvalue weighted by Gasteiger charge is -2.19. The number of benzene rings is 3. The van der Waals surface area contributed by atoms with E-state index in [1.807, 2.05) is 35.0 Å². The summed E-state index contributed by atoms with van der Waals surface area (Å²) in [6, 6.07) is 19.1. The standard InChI is InChI=1S/C29H22FN3O5S/c30-22-7-3-1-5-18(22)15-32-16-19(21-6-2-4-8-23(21)32)13-26-28(35)33(29(36)39-26)17-27(34)31-20-9-10-24-25(14-20)38-12-11-37-24/h1-10,13-14,16H,11-12,15,17H2,(H,31,34)/b26-13-. The first-order valence-electron chi connectivity index (χ1n) is 12.2. The van der Waals surface area contributed by atoms with Crippen LogP contribution in [0.4, 0.5) is 14.9 Å². The molecule has 0 unspecified atom stereocenters. The van der Waals surface area contributed by atoms with Crippen molar-refractivity contribution in [3.63, 3.8) is 0 Å². The average Bonchev–Trinajstić information content (AvgIpc) is 3.41. The van der Waals surface area contributed by atoms with Crippen molar-refractivity contribution in [2.45, 2.75) is 6.54 Å². The Balaban J connectivity index is 1.20. The van der Waals surface area contributed by atoms with Crippen molar-refractivity contribution in [1.29, 1.82) is 0 Å². The molecule has 3 heterocycles. The third-order valence-corrected chi connectivity index (χ3v) is 7.31. The molecule has 8 nitrogen and oxygen atoms in total. The van der Waals surface area contributed by atoms with Gasteiger partial charge in [0.2, 0.25) is 5.91 Å². The summed E-state index contributed by atoms with van der Waals surface area (Å²) >= 11 is 0.781. The molecule has 0 atom stereocenters. The Bertz CT molecular complexity index is 1660. The highest BCUT2D eigenvalue weighted by Crippen LogP contribution is 2.35. The zero-order valence-corrected chi connectivity index (χ0v) is 21.4. The highest BCUT2D eigenvalue weighted by molar-refractivity contribution is 8.18. The second-order valence-electron chi connectivity index (χ2n) is 9.00. The molecule has 1 N–H and O–H groups in total. The Kier molecular flexibility index (Phi) is 6.54. The molecule has 4 aromatic rings. The molecule has 39 heavy (non-hydrogen) atoms. The molecular formula is C29H22FN3O5S. The fraction of sp³-hybridized carbons (Fsp3) is 0.138. The largest absolute Gasteiger partial charge is 0.486 e. The Morgan fingerprint density at radius 1 is 1.00 bits per heavy atom. The van der Waals surface area contributed by atoms with Gasteiger partial charge in [0.25, 0.3) is 11.1 Å². The van der Waals surface area contributed by atoms with Crippen molar-refractivity contribution >= 4 is 51.5 Å². The predicted octanol–water partition coefficient (Wildman–Crippen LogP) is 5.27. The number of hydrogen-bond acceptors (Lipinski definition) is 6. The zero-order valence-electron chi connectivity index (χ0n) is 20.6. The van der Waals surface area contributed by atoms with Crippen molar-refractivity contribution in [3.8, 4) is 11.5 Å². The predicted molar refractivity (Wildman–Crippen MR) is 146 cm³/mol. The normalized spacial score (nSPS) is 15.8. The number of amides is 3. The molecule has 0 spiro atoms. The molecule has 1 fully saturated rings. The molecule has 0 aliphatic carbocycles. The molecule has 0 radical (unpaired) electrons. The number of thioether (sulfide) groups is 1. The van der Waals surface area contributed by atoms with Gasteiger partial charge < -0.3 is 19.4 Å². The van der Waals surface area contributed by atoms with Crippen molar-refractivity contribution in [2.75, 3.05) is 25.1 Å². The van der Waals surface area contributed by atoms with Gasteiger partial charge in [-0.05, 0) is 42.1 Å². The molecule has 1 saturated heterocycles. The molecule has 3 aromatic carbocycles. The maximum absolute atomic E-state index is 14.3. The quantitative estimate of drug-likeness (QED) is 0.333. The number of anilines is 1. The number of imide groups is 1. The van der Waals surface area contributed by atoms with E-state index < -0.39 is 23.6 Å². The lowest BCUT2D eigenvalue weighted by atomic mass is 10.1. The lowest BCUT2D eigenvalue weighted by molar-refractivity contribution is -0.127. The third-order valence-electron chi connectivity index (χ3n) is 6.41. The van der Waals surface area contributed by atoms with Gasteiger partial charge >= 0.3 is 0 Å². The maximum atomic E-state index is 14.3. The van der Waals surface area contributed by atoms with Crippen LogP contribution in [0.1, 0.15) is 11.1 Å². The van der Waals surface area contributed by atoms with Gasteiger partial charge in [-0.15, -0.1) is 0 Å². The van der Waals surface area contributed by atoms with Crippen molar-refractivity contribution in [3.05, 3.63) is 94.8 Å². The smallest absolute Gasteiger partial charge is 0.294 e. The third kappa shape index (κ3) is 4.98. The zero-order chi connectivity index (χ0) is 26.9. The van der Waals surface area contributed by atoms with E-state index in [1.54, 1.807) is 42.5 Å². The Labute approximate surface area is 227 Å². The fourth-order valence-electron chi connectivity index (χ4n) is 4.57. The number of fused-ring (bicyclic) bond motifs is 2. The molecule has 3 amide bonds. The molecule has 196 valence electrons. The van der Waals surface area contributed by atoms with Gasteiger partial charge in [-0.2, -0.15) is 0 Å². The van der Waals surface area contributed by atoms with Crippen molar-refractivity contribution < 1.29 is 28.2 Å². The highest BCUT2D eigenvalue weighted by Gasteiger charge is 2.36. The topological polar surface area (TPSA) is 89.9 Å². The minimum atomic E-state index is -0.548. The lowest BCUT2D eigenvalue weighted by Crippen LogP contribution is -2.36. The molecule has 10 heteroatoms. The van der Waals surface area contributed by atoms with Crippen LogP contribution in [0.5, 0.6) is 11.5 Å². The van der Waals surface area contributed by atoms with Crippen LogP contribution in [0.15, 0.2) is 77.8 Å². The molecule has 2 aliphatic heterocycles. The molecule has 2 aliphatic rings. The number of nitrogens with one attached hydrogen (secondary N) is 1. The van der Waals surface area contributed by atoms with E-state index in [0.717, 1.165) is 27.6 Å². The SMILES string of the molecule is O=C(CN1C(=O)S/C(=C\c2cn(Cc3ccccc3F)c3ccccc23)C1=O)Nc1ccc2c(c1)OCCO2. The van der Waals surface area contributed by atoms with Crippen LogP contribution in [-0.4, -0.2) is 46.3 Å². The van der Waals surface area contributed by atoms with Crippen LogP contribution in [-0.2, 0) is 16.1 Å². The number of rotatable bonds is 6. The van der Waals surface area contributed by atoms with E-state index >= 15 is 0 Å². The van der Waals surface area contributed by atoms with Gasteiger partial charge in [0.05, 0.1) is 11.4 Å². The Hall–Kier alpha value is -4.57. The minimum absolute atomic E-state index is 0.209. The summed E-state index contributed by atoms with van der Waals surface area (Å²) in [5.41, 5.74) is 2.58. The van der Waals surface area contributed by atoms with E-state index in [1.165, 1.54) is 6.07 Å². The molecule has 0 saturated carbocycles. The molecule has 6 rings (SSSR count). The number of carbonyl (C=O) groups excluding carboxylic acids is 3. The monoisotopic (exact) mass is 543 g/mol. The van der Waals surface area contributed by atoms with E-state index in [0.29, 0.717) is 48.1 Å². The Morgan fingerprint density at radius 3 is 2.62 bits per heavy atom. The number of hydrogen-bond donors (Lipinski definition) is 1. The van der Waals surface area contributed by atoms with E-state index in [9.17, 15) is 18.8 Å². The summed E-state index contributed by atoms with van der Waals surface area (Å²) in [5.74, 6) is -0.259. The summed E-state index contributed by atoms with van der Waals surface area (Å²) in [7, 11) is 0. The number of aromatic nitrogens is 1. The van der Waals surface area contributed by atoms with Crippen LogP contribution in [0.3, 0.4) is 0 Å². The summed E-state index contributed by atoms with van der Waals surface area (Å²) in [4.78, 5) is 39.6. The van der Waals surface area contributed by atoms with E-state index in [2.05, 4.69) is 5.32 Å². The van der Waals surface area contributed by atoms with Crippen LogP contribution in [0, 0.1) is 5.82 Å². The second kappa shape index (κ2) is 10.3. The number of nitrogens with zero attached hydrogens (tertiary/aromatic N) is 2. The summed E-state index contributed by atoms with van der Waals surface area (Å²) in [5, 5.41) is 3.03. The van der Waals surface area contributed by atoms with Crippen molar-refractivity contribution in [1.82, 2.24) is 9.47 Å². The summed E-state index contributed by atoms with van der Waals surface area (Å²) in [6.07, 6.45) is 3.48. The molecule has 0 bridgehead atoms. The first-order chi connectivity index (χ1) is 19.0. The average molecular weight is 544 g/mol.